The molecule has 84 valence electrons. The third kappa shape index (κ3) is 3.20. The third-order valence-electron chi connectivity index (χ3n) is 2.03. The highest BCUT2D eigenvalue weighted by molar-refractivity contribution is 7.17. The lowest BCUT2D eigenvalue weighted by molar-refractivity contribution is 0.0956. The average molecular weight is 227 g/mol. The summed E-state index contributed by atoms with van der Waals surface area (Å²) in [5.74, 6) is -0.0139. The van der Waals surface area contributed by atoms with Crippen LogP contribution in [0, 0.1) is 6.92 Å². The summed E-state index contributed by atoms with van der Waals surface area (Å²) in [4.78, 5) is 16.6. The number of carbonyl (C=O) groups is 1. The van der Waals surface area contributed by atoms with Gasteiger partial charge in [0.1, 0.15) is 4.88 Å². The lowest BCUT2D eigenvalue weighted by atomic mass is 10.3. The minimum Gasteiger partial charge on any atom is -0.365 e. The predicted molar refractivity (Wildman–Crippen MR) is 63.6 cm³/mol. The van der Waals surface area contributed by atoms with E-state index in [0.717, 1.165) is 30.2 Å². The molecule has 0 radical (unpaired) electrons. The van der Waals surface area contributed by atoms with Crippen LogP contribution in [0.5, 0.6) is 0 Å². The Morgan fingerprint density at radius 1 is 1.53 bits per heavy atom. The first-order valence-electron chi connectivity index (χ1n) is 5.12. The van der Waals surface area contributed by atoms with Gasteiger partial charge in [-0.3, -0.25) is 4.79 Å². The van der Waals surface area contributed by atoms with E-state index in [0.29, 0.717) is 4.88 Å². The van der Waals surface area contributed by atoms with Crippen molar-refractivity contribution in [3.63, 3.8) is 0 Å². The van der Waals surface area contributed by atoms with Crippen LogP contribution in [0.2, 0.25) is 0 Å². The molecule has 0 spiro atoms. The van der Waals surface area contributed by atoms with Crippen LogP contribution in [-0.4, -0.2) is 24.5 Å². The van der Waals surface area contributed by atoms with Crippen molar-refractivity contribution in [3.8, 4) is 0 Å². The maximum Gasteiger partial charge on any atom is 0.263 e. The number of carbonyl (C=O) groups excluding carboxylic acids is 1. The van der Waals surface area contributed by atoms with E-state index in [1.807, 2.05) is 6.92 Å². The standard InChI is InChI=1S/C10H17N3OS/c1-4-5-6-12-9(14)8-7(2)13-10(11-3)15-8/h4-6H2,1-3H3,(H,11,13)(H,12,14). The summed E-state index contributed by atoms with van der Waals surface area (Å²) in [6.07, 6.45) is 2.10. The largest absolute Gasteiger partial charge is 0.365 e. The van der Waals surface area contributed by atoms with Crippen LogP contribution in [0.15, 0.2) is 0 Å². The van der Waals surface area contributed by atoms with E-state index >= 15 is 0 Å². The number of unbranched alkanes of at least 4 members (excludes halogenated alkanes) is 1. The van der Waals surface area contributed by atoms with Gasteiger partial charge in [-0.15, -0.1) is 0 Å². The van der Waals surface area contributed by atoms with Gasteiger partial charge in [0.15, 0.2) is 5.13 Å². The van der Waals surface area contributed by atoms with Crippen molar-refractivity contribution in [1.82, 2.24) is 10.3 Å². The second kappa shape index (κ2) is 5.70. The third-order valence-corrected chi connectivity index (χ3v) is 3.21. The van der Waals surface area contributed by atoms with Crippen molar-refractivity contribution in [2.24, 2.45) is 0 Å². The second-order valence-corrected chi connectivity index (χ2v) is 4.29. The van der Waals surface area contributed by atoms with Gasteiger partial charge in [-0.05, 0) is 13.3 Å². The minimum absolute atomic E-state index is 0.0139. The summed E-state index contributed by atoms with van der Waals surface area (Å²) >= 11 is 1.39. The van der Waals surface area contributed by atoms with E-state index in [1.165, 1.54) is 11.3 Å². The Labute approximate surface area is 94.1 Å². The van der Waals surface area contributed by atoms with Crippen molar-refractivity contribution in [3.05, 3.63) is 10.6 Å². The molecule has 1 heterocycles. The van der Waals surface area contributed by atoms with Gasteiger partial charge in [0, 0.05) is 13.6 Å². The number of rotatable bonds is 5. The molecule has 0 aliphatic carbocycles. The first-order chi connectivity index (χ1) is 7.19. The average Bonchev–Trinajstić information content (AvgIpc) is 2.60. The molecule has 15 heavy (non-hydrogen) atoms. The van der Waals surface area contributed by atoms with Crippen molar-refractivity contribution in [1.29, 1.82) is 0 Å². The Kier molecular flexibility index (Phi) is 4.55. The maximum absolute atomic E-state index is 11.7. The maximum atomic E-state index is 11.7. The zero-order chi connectivity index (χ0) is 11.3. The number of anilines is 1. The van der Waals surface area contributed by atoms with E-state index in [4.69, 9.17) is 0 Å². The molecule has 5 heteroatoms. The molecule has 0 fully saturated rings. The molecule has 1 aromatic rings. The van der Waals surface area contributed by atoms with Crippen LogP contribution in [0.1, 0.15) is 35.1 Å². The molecule has 0 bridgehead atoms. The monoisotopic (exact) mass is 227 g/mol. The molecule has 0 atom stereocenters. The SMILES string of the molecule is CCCCNC(=O)c1sc(NC)nc1C. The Bertz CT molecular complexity index is 335. The molecule has 1 rings (SSSR count). The molecule has 2 N–H and O–H groups in total. The number of hydrogen-bond donors (Lipinski definition) is 2. The molecular formula is C10H17N3OS. The molecule has 4 nitrogen and oxygen atoms in total. The number of hydrogen-bond acceptors (Lipinski definition) is 4. The summed E-state index contributed by atoms with van der Waals surface area (Å²) < 4.78 is 0. The molecule has 1 amide bonds. The smallest absolute Gasteiger partial charge is 0.263 e. The summed E-state index contributed by atoms with van der Waals surface area (Å²) in [7, 11) is 1.80. The molecule has 0 aromatic carbocycles. The van der Waals surface area contributed by atoms with Gasteiger partial charge < -0.3 is 10.6 Å². The van der Waals surface area contributed by atoms with Crippen LogP contribution in [0.3, 0.4) is 0 Å². The van der Waals surface area contributed by atoms with Gasteiger partial charge in [-0.2, -0.15) is 0 Å². The predicted octanol–water partition coefficient (Wildman–Crippen LogP) is 2.02. The first kappa shape index (κ1) is 12.0. The van der Waals surface area contributed by atoms with Gasteiger partial charge in [-0.25, -0.2) is 4.98 Å². The number of amides is 1. The van der Waals surface area contributed by atoms with Crippen molar-refractivity contribution < 1.29 is 4.79 Å². The summed E-state index contributed by atoms with van der Waals surface area (Å²) in [6, 6.07) is 0. The molecule has 0 aliphatic heterocycles. The fourth-order valence-electron chi connectivity index (χ4n) is 1.17. The molecule has 0 saturated heterocycles. The highest BCUT2D eigenvalue weighted by Crippen LogP contribution is 2.21. The topological polar surface area (TPSA) is 54.0 Å². The zero-order valence-electron chi connectivity index (χ0n) is 9.39. The Morgan fingerprint density at radius 3 is 2.80 bits per heavy atom. The molecule has 0 saturated carbocycles. The minimum atomic E-state index is -0.0139. The van der Waals surface area contributed by atoms with Crippen LogP contribution < -0.4 is 10.6 Å². The van der Waals surface area contributed by atoms with Gasteiger partial charge in [0.2, 0.25) is 0 Å². The number of nitrogens with one attached hydrogen (secondary N) is 2. The number of aromatic nitrogens is 1. The zero-order valence-corrected chi connectivity index (χ0v) is 10.2. The normalized spacial score (nSPS) is 10.1. The molecule has 0 unspecified atom stereocenters. The highest BCUT2D eigenvalue weighted by Gasteiger charge is 2.13. The van der Waals surface area contributed by atoms with E-state index < -0.39 is 0 Å². The van der Waals surface area contributed by atoms with Gasteiger partial charge >= 0.3 is 0 Å². The summed E-state index contributed by atoms with van der Waals surface area (Å²) in [6.45, 7) is 4.69. The van der Waals surface area contributed by atoms with Gasteiger partial charge in [-0.1, -0.05) is 24.7 Å². The fraction of sp³-hybridized carbons (Fsp3) is 0.600. The van der Waals surface area contributed by atoms with Gasteiger partial charge in [0.05, 0.1) is 5.69 Å². The van der Waals surface area contributed by atoms with Crippen LogP contribution in [0.4, 0.5) is 5.13 Å². The van der Waals surface area contributed by atoms with Gasteiger partial charge in [0.25, 0.3) is 5.91 Å². The van der Waals surface area contributed by atoms with Crippen LogP contribution >= 0.6 is 11.3 Å². The Morgan fingerprint density at radius 2 is 2.27 bits per heavy atom. The van der Waals surface area contributed by atoms with E-state index in [1.54, 1.807) is 7.05 Å². The van der Waals surface area contributed by atoms with Crippen molar-refractivity contribution in [2.75, 3.05) is 18.9 Å². The van der Waals surface area contributed by atoms with Crippen molar-refractivity contribution >= 4 is 22.4 Å². The quantitative estimate of drug-likeness (QED) is 0.757. The lowest BCUT2D eigenvalue weighted by Gasteiger charge is -2.01. The Balaban J connectivity index is 2.60. The lowest BCUT2D eigenvalue weighted by Crippen LogP contribution is -2.24. The summed E-state index contributed by atoms with van der Waals surface area (Å²) in [5, 5.41) is 6.60. The van der Waals surface area contributed by atoms with Crippen LogP contribution in [-0.2, 0) is 0 Å². The van der Waals surface area contributed by atoms with Crippen LogP contribution in [0.25, 0.3) is 0 Å². The van der Waals surface area contributed by atoms with E-state index in [-0.39, 0.29) is 5.91 Å². The molecular weight excluding hydrogens is 210 g/mol. The number of nitrogens with zero attached hydrogens (tertiary/aromatic N) is 1. The Hall–Kier alpha value is -1.10. The van der Waals surface area contributed by atoms with E-state index in [2.05, 4.69) is 22.5 Å². The fourth-order valence-corrected chi connectivity index (χ4v) is 2.01. The highest BCUT2D eigenvalue weighted by atomic mass is 32.1. The second-order valence-electron chi connectivity index (χ2n) is 3.29. The van der Waals surface area contributed by atoms with Crippen molar-refractivity contribution in [2.45, 2.75) is 26.7 Å². The molecule has 0 aliphatic rings. The summed E-state index contributed by atoms with van der Waals surface area (Å²) in [5.41, 5.74) is 0.790. The number of aryl methyl sites for hydroxylation is 1. The molecule has 1 aromatic heterocycles. The van der Waals surface area contributed by atoms with E-state index in [9.17, 15) is 4.79 Å². The number of thiazole rings is 1. The first-order valence-corrected chi connectivity index (χ1v) is 5.94.